The highest BCUT2D eigenvalue weighted by Crippen LogP contribution is 2.15. The lowest BCUT2D eigenvalue weighted by molar-refractivity contribution is 0.522. The molecule has 0 saturated heterocycles. The zero-order valence-corrected chi connectivity index (χ0v) is 10.5. The topological polar surface area (TPSA) is 48.7 Å². The van der Waals surface area contributed by atoms with Gasteiger partial charge in [-0.05, 0) is 32.4 Å². The normalized spacial score (nSPS) is 12.4. The second-order valence-corrected chi connectivity index (χ2v) is 4.92. The maximum atomic E-state index is 8.93. The number of rotatable bonds is 6. The number of nitrogens with zero attached hydrogens (tertiary/aromatic N) is 2. The van der Waals surface area contributed by atoms with E-state index in [2.05, 4.69) is 30.2 Å². The number of hydrogen-bond donors (Lipinski definition) is 1. The Labute approximate surface area is 101 Å². The maximum Gasteiger partial charge on any atom is 0.0962 e. The molecule has 1 rings (SSSR count). The molecule has 1 heterocycles. The second kappa shape index (κ2) is 7.26. The molecule has 0 aliphatic carbocycles. The third-order valence-electron chi connectivity index (χ3n) is 1.98. The third kappa shape index (κ3) is 5.15. The molecule has 0 saturated carbocycles. The molecule has 0 aliphatic heterocycles. The molecule has 1 unspecified atom stereocenters. The minimum Gasteiger partial charge on any atom is -0.300 e. The van der Waals surface area contributed by atoms with E-state index in [-0.39, 0.29) is 6.04 Å². The fraction of sp³-hybridized carbons (Fsp3) is 0.500. The van der Waals surface area contributed by atoms with Crippen LogP contribution >= 0.6 is 11.8 Å². The summed E-state index contributed by atoms with van der Waals surface area (Å²) < 4.78 is 0. The Hall–Kier alpha value is -1.05. The molecule has 1 N–H and O–H groups in total. The minimum atomic E-state index is -0.0591. The van der Waals surface area contributed by atoms with Gasteiger partial charge in [0.1, 0.15) is 0 Å². The third-order valence-corrected chi connectivity index (χ3v) is 2.96. The Morgan fingerprint density at radius 3 is 2.88 bits per heavy atom. The molecule has 3 nitrogen and oxygen atoms in total. The lowest BCUT2D eigenvalue weighted by atomic mass is 10.2. The fourth-order valence-corrected chi connectivity index (χ4v) is 2.17. The van der Waals surface area contributed by atoms with Gasteiger partial charge in [0.25, 0.3) is 0 Å². The largest absolute Gasteiger partial charge is 0.300 e. The summed E-state index contributed by atoms with van der Waals surface area (Å²) in [4.78, 5) is 4.22. The lowest BCUT2D eigenvalue weighted by Gasteiger charge is -2.13. The molecule has 16 heavy (non-hydrogen) atoms. The minimum absolute atomic E-state index is 0.0591. The summed E-state index contributed by atoms with van der Waals surface area (Å²) in [7, 11) is 0. The molecule has 86 valence electrons. The van der Waals surface area contributed by atoms with Crippen molar-refractivity contribution >= 4 is 11.8 Å². The van der Waals surface area contributed by atoms with E-state index in [9.17, 15) is 0 Å². The molecule has 0 aromatic carbocycles. The van der Waals surface area contributed by atoms with Gasteiger partial charge in [0.05, 0.1) is 17.1 Å². The predicted molar refractivity (Wildman–Crippen MR) is 67.3 cm³/mol. The highest BCUT2D eigenvalue weighted by Gasteiger charge is 2.08. The number of nitrogens with one attached hydrogen (secondary N) is 1. The Morgan fingerprint density at radius 2 is 2.31 bits per heavy atom. The summed E-state index contributed by atoms with van der Waals surface area (Å²) in [5.41, 5.74) is 0. The molecule has 0 bridgehead atoms. The van der Waals surface area contributed by atoms with E-state index < -0.39 is 0 Å². The summed E-state index contributed by atoms with van der Waals surface area (Å²) in [6.45, 7) is 4.10. The fourth-order valence-electron chi connectivity index (χ4n) is 1.30. The average molecular weight is 235 g/mol. The SMILES string of the molecule is CC(C)NC(C#N)CCSc1ccccn1. The van der Waals surface area contributed by atoms with Gasteiger partial charge in [-0.25, -0.2) is 4.98 Å². The Morgan fingerprint density at radius 1 is 1.50 bits per heavy atom. The molecule has 0 spiro atoms. The van der Waals surface area contributed by atoms with Crippen LogP contribution in [0.3, 0.4) is 0 Å². The van der Waals surface area contributed by atoms with E-state index in [4.69, 9.17) is 5.26 Å². The van der Waals surface area contributed by atoms with Crippen molar-refractivity contribution in [1.82, 2.24) is 10.3 Å². The van der Waals surface area contributed by atoms with Gasteiger partial charge < -0.3 is 0 Å². The van der Waals surface area contributed by atoms with Crippen LogP contribution in [-0.4, -0.2) is 22.8 Å². The van der Waals surface area contributed by atoms with E-state index >= 15 is 0 Å². The molecule has 1 atom stereocenters. The summed E-state index contributed by atoms with van der Waals surface area (Å²) in [5, 5.41) is 13.2. The summed E-state index contributed by atoms with van der Waals surface area (Å²) in [5.74, 6) is 0.912. The van der Waals surface area contributed by atoms with Gasteiger partial charge in [-0.1, -0.05) is 6.07 Å². The van der Waals surface area contributed by atoms with E-state index in [0.29, 0.717) is 6.04 Å². The summed E-state index contributed by atoms with van der Waals surface area (Å²) >= 11 is 1.69. The van der Waals surface area contributed by atoms with Crippen molar-refractivity contribution in [3.63, 3.8) is 0 Å². The molecule has 0 aliphatic rings. The van der Waals surface area contributed by atoms with E-state index in [1.54, 1.807) is 18.0 Å². The second-order valence-electron chi connectivity index (χ2n) is 3.81. The molecule has 1 aromatic rings. The van der Waals surface area contributed by atoms with Crippen LogP contribution in [0.15, 0.2) is 29.4 Å². The Bertz CT molecular complexity index is 332. The number of pyridine rings is 1. The number of nitriles is 1. The first-order valence-corrected chi connectivity index (χ1v) is 6.40. The van der Waals surface area contributed by atoms with Crippen molar-refractivity contribution < 1.29 is 0 Å². The Kier molecular flexibility index (Phi) is 5.91. The zero-order valence-electron chi connectivity index (χ0n) is 9.68. The molecular weight excluding hydrogens is 218 g/mol. The zero-order chi connectivity index (χ0) is 11.8. The monoisotopic (exact) mass is 235 g/mol. The highest BCUT2D eigenvalue weighted by molar-refractivity contribution is 7.99. The van der Waals surface area contributed by atoms with Crippen molar-refractivity contribution in [3.8, 4) is 6.07 Å². The van der Waals surface area contributed by atoms with Crippen LogP contribution in [-0.2, 0) is 0 Å². The molecule has 0 fully saturated rings. The van der Waals surface area contributed by atoms with Crippen LogP contribution < -0.4 is 5.32 Å². The van der Waals surface area contributed by atoms with E-state index in [0.717, 1.165) is 17.2 Å². The number of thioether (sulfide) groups is 1. The lowest BCUT2D eigenvalue weighted by Crippen LogP contribution is -2.33. The first kappa shape index (κ1) is 13.0. The molecule has 0 radical (unpaired) electrons. The van der Waals surface area contributed by atoms with Crippen molar-refractivity contribution in [2.45, 2.75) is 37.4 Å². The van der Waals surface area contributed by atoms with E-state index in [1.807, 2.05) is 18.2 Å². The highest BCUT2D eigenvalue weighted by atomic mass is 32.2. The van der Waals surface area contributed by atoms with Crippen LogP contribution in [0, 0.1) is 11.3 Å². The van der Waals surface area contributed by atoms with Gasteiger partial charge in [-0.2, -0.15) is 5.26 Å². The van der Waals surface area contributed by atoms with Gasteiger partial charge in [0.2, 0.25) is 0 Å². The standard InChI is InChI=1S/C12H17N3S/c1-10(2)15-11(9-13)6-8-16-12-5-3-4-7-14-12/h3-5,7,10-11,15H,6,8H2,1-2H3. The summed E-state index contributed by atoms with van der Waals surface area (Å²) in [6, 6.07) is 8.44. The number of aromatic nitrogens is 1. The maximum absolute atomic E-state index is 8.93. The van der Waals surface area contributed by atoms with Gasteiger partial charge in [-0.3, -0.25) is 5.32 Å². The van der Waals surface area contributed by atoms with Crippen LogP contribution in [0.2, 0.25) is 0 Å². The van der Waals surface area contributed by atoms with Crippen LogP contribution in [0.5, 0.6) is 0 Å². The van der Waals surface area contributed by atoms with Crippen LogP contribution in [0.4, 0.5) is 0 Å². The van der Waals surface area contributed by atoms with Crippen LogP contribution in [0.25, 0.3) is 0 Å². The summed E-state index contributed by atoms with van der Waals surface area (Å²) in [6.07, 6.45) is 2.63. The molecule has 0 amide bonds. The predicted octanol–water partition coefficient (Wildman–Crippen LogP) is 2.45. The Balaban J connectivity index is 2.27. The van der Waals surface area contributed by atoms with Gasteiger partial charge >= 0.3 is 0 Å². The first-order valence-electron chi connectivity index (χ1n) is 5.42. The van der Waals surface area contributed by atoms with Gasteiger partial charge in [0.15, 0.2) is 0 Å². The molecule has 1 aromatic heterocycles. The van der Waals surface area contributed by atoms with Crippen LogP contribution in [0.1, 0.15) is 20.3 Å². The van der Waals surface area contributed by atoms with E-state index in [1.165, 1.54) is 0 Å². The number of hydrogen-bond acceptors (Lipinski definition) is 4. The smallest absolute Gasteiger partial charge is 0.0962 e. The first-order chi connectivity index (χ1) is 7.72. The van der Waals surface area contributed by atoms with Gasteiger partial charge in [0, 0.05) is 18.0 Å². The average Bonchev–Trinajstić information content (AvgIpc) is 2.28. The van der Waals surface area contributed by atoms with Crippen molar-refractivity contribution in [2.75, 3.05) is 5.75 Å². The molecule has 4 heteroatoms. The van der Waals surface area contributed by atoms with Crippen molar-refractivity contribution in [2.24, 2.45) is 0 Å². The molecular formula is C12H17N3S. The van der Waals surface area contributed by atoms with Crippen molar-refractivity contribution in [3.05, 3.63) is 24.4 Å². The van der Waals surface area contributed by atoms with Gasteiger partial charge in [-0.15, -0.1) is 11.8 Å². The van der Waals surface area contributed by atoms with Crippen molar-refractivity contribution in [1.29, 1.82) is 5.26 Å². The quantitative estimate of drug-likeness (QED) is 0.769.